The summed E-state index contributed by atoms with van der Waals surface area (Å²) in [6.07, 6.45) is 0. The lowest BCUT2D eigenvalue weighted by molar-refractivity contribution is -0.435. The smallest absolute Gasteiger partial charge is 0.257 e. The second-order valence-electron chi connectivity index (χ2n) is 5.81. The highest BCUT2D eigenvalue weighted by atomic mass is 32.2. The number of thioether (sulfide) groups is 1. The van der Waals surface area contributed by atoms with Gasteiger partial charge in [-0.25, -0.2) is 4.98 Å². The van der Waals surface area contributed by atoms with E-state index in [1.807, 2.05) is 45.0 Å². The lowest BCUT2D eigenvalue weighted by Gasteiger charge is -2.06. The molecule has 5 heteroatoms. The van der Waals surface area contributed by atoms with Gasteiger partial charge in [0.15, 0.2) is 11.5 Å². The zero-order valence-corrected chi connectivity index (χ0v) is 15.2. The Balaban J connectivity index is 2.22. The predicted octanol–water partition coefficient (Wildman–Crippen LogP) is 3.42. The average Bonchev–Trinajstić information content (AvgIpc) is 2.51. The fourth-order valence-electron chi connectivity index (χ4n) is 2.61. The van der Waals surface area contributed by atoms with E-state index in [0.29, 0.717) is 22.8 Å². The van der Waals surface area contributed by atoms with Crippen LogP contribution in [-0.2, 0) is 11.3 Å². The number of ketones is 1. The van der Waals surface area contributed by atoms with Gasteiger partial charge in [-0.1, -0.05) is 17.2 Å². The number of hydrogen-bond acceptors (Lipinski definition) is 4. The molecule has 0 amide bonds. The number of nitrogens with zero attached hydrogens (tertiary/aromatic N) is 1. The van der Waals surface area contributed by atoms with Crippen molar-refractivity contribution in [2.45, 2.75) is 32.4 Å². The van der Waals surface area contributed by atoms with Gasteiger partial charge in [0.1, 0.15) is 11.6 Å². The van der Waals surface area contributed by atoms with Gasteiger partial charge in [0.05, 0.1) is 12.4 Å². The molecule has 1 aromatic carbocycles. The summed E-state index contributed by atoms with van der Waals surface area (Å²) in [5.74, 6) is 0.336. The number of carbonyl (C=O) groups excluding carboxylic acids is 1. The molecule has 0 aliphatic carbocycles. The van der Waals surface area contributed by atoms with E-state index >= 15 is 0 Å². The number of ether oxygens (including phenoxy) is 1. The van der Waals surface area contributed by atoms with E-state index in [1.54, 1.807) is 7.11 Å². The average molecular weight is 341 g/mol. The van der Waals surface area contributed by atoms with Gasteiger partial charge in [-0.3, -0.25) is 4.79 Å². The van der Waals surface area contributed by atoms with E-state index in [1.165, 1.54) is 11.8 Å². The van der Waals surface area contributed by atoms with Crippen LogP contribution in [0.3, 0.4) is 0 Å². The normalized spacial score (nSPS) is 10.5. The molecule has 1 N–H and O–H groups in total. The Morgan fingerprint density at radius 2 is 1.88 bits per heavy atom. The van der Waals surface area contributed by atoms with E-state index < -0.39 is 0 Å². The zero-order chi connectivity index (χ0) is 17.7. The monoisotopic (exact) mass is 341 g/mol. The summed E-state index contributed by atoms with van der Waals surface area (Å²) < 4.78 is 5.16. The summed E-state index contributed by atoms with van der Waals surface area (Å²) in [5.41, 5.74) is 5.17. The van der Waals surface area contributed by atoms with Gasteiger partial charge in [-0.2, -0.15) is 5.26 Å². The van der Waals surface area contributed by atoms with Crippen LogP contribution in [0, 0.1) is 32.1 Å². The SMILES string of the molecule is COCc1cc(C)[nH+]c(SCC(=O)c2cc(C)cc(C)c2)c1C#N. The molecule has 24 heavy (non-hydrogen) atoms. The van der Waals surface area contributed by atoms with Crippen molar-refractivity contribution in [2.75, 3.05) is 12.9 Å². The third kappa shape index (κ3) is 4.44. The minimum Gasteiger partial charge on any atom is -0.380 e. The van der Waals surface area contributed by atoms with Crippen molar-refractivity contribution in [1.29, 1.82) is 5.26 Å². The molecule has 0 aliphatic rings. The van der Waals surface area contributed by atoms with Crippen molar-refractivity contribution in [1.82, 2.24) is 0 Å². The van der Waals surface area contributed by atoms with Crippen molar-refractivity contribution in [3.63, 3.8) is 0 Å². The summed E-state index contributed by atoms with van der Waals surface area (Å²) in [6.45, 7) is 6.26. The molecule has 0 saturated heterocycles. The minimum absolute atomic E-state index is 0.0545. The van der Waals surface area contributed by atoms with Gasteiger partial charge in [-0.05, 0) is 37.7 Å². The molecule has 0 fully saturated rings. The number of benzene rings is 1. The molecule has 0 aliphatic heterocycles. The first-order valence-corrected chi connectivity index (χ1v) is 8.62. The van der Waals surface area contributed by atoms with Crippen molar-refractivity contribution < 1.29 is 14.5 Å². The molecule has 2 rings (SSSR count). The molecule has 1 aromatic heterocycles. The number of nitriles is 1. The summed E-state index contributed by atoms with van der Waals surface area (Å²) in [7, 11) is 1.60. The Hall–Kier alpha value is -2.16. The van der Waals surface area contributed by atoms with Crippen LogP contribution in [-0.4, -0.2) is 18.6 Å². The highest BCUT2D eigenvalue weighted by Crippen LogP contribution is 2.23. The molecule has 0 bridgehead atoms. The third-order valence-electron chi connectivity index (χ3n) is 3.55. The molecular formula is C19H21N2O2S+. The van der Waals surface area contributed by atoms with Crippen molar-refractivity contribution in [3.8, 4) is 6.07 Å². The van der Waals surface area contributed by atoms with Gasteiger partial charge in [-0.15, -0.1) is 0 Å². The number of aromatic amines is 1. The number of aryl methyl sites for hydroxylation is 3. The number of hydrogen-bond donors (Lipinski definition) is 0. The molecule has 4 nitrogen and oxygen atoms in total. The quantitative estimate of drug-likeness (QED) is 0.596. The number of carbonyl (C=O) groups is 1. The first kappa shape index (κ1) is 18.2. The van der Waals surface area contributed by atoms with E-state index in [-0.39, 0.29) is 11.5 Å². The maximum atomic E-state index is 12.5. The van der Waals surface area contributed by atoms with Gasteiger partial charge in [0.2, 0.25) is 0 Å². The van der Waals surface area contributed by atoms with Crippen LogP contribution >= 0.6 is 11.8 Å². The van der Waals surface area contributed by atoms with E-state index in [2.05, 4.69) is 11.1 Å². The number of pyridine rings is 1. The Labute approximate surface area is 146 Å². The lowest BCUT2D eigenvalue weighted by atomic mass is 10.1. The molecular weight excluding hydrogens is 320 g/mol. The molecule has 124 valence electrons. The first-order valence-electron chi connectivity index (χ1n) is 7.63. The standard InChI is InChI=1S/C19H20N2O2S/c1-12-5-13(2)7-15(6-12)18(22)11-24-19-17(9-20)16(10-23-4)8-14(3)21-19/h5-8H,10-11H2,1-4H3/p+1. The first-order chi connectivity index (χ1) is 11.4. The number of nitrogens with one attached hydrogen (secondary N) is 1. The van der Waals surface area contributed by atoms with Crippen LogP contribution in [0.2, 0.25) is 0 Å². The highest BCUT2D eigenvalue weighted by molar-refractivity contribution is 7.99. The van der Waals surface area contributed by atoms with E-state index in [9.17, 15) is 10.1 Å². The molecule has 0 atom stereocenters. The lowest BCUT2D eigenvalue weighted by Crippen LogP contribution is -2.16. The van der Waals surface area contributed by atoms with Crippen molar-refractivity contribution in [3.05, 3.63) is 57.8 Å². The fraction of sp³-hybridized carbons (Fsp3) is 0.316. The van der Waals surface area contributed by atoms with Crippen LogP contribution in [0.5, 0.6) is 0 Å². The zero-order valence-electron chi connectivity index (χ0n) is 14.4. The molecule has 2 aromatic rings. The summed E-state index contributed by atoms with van der Waals surface area (Å²) in [4.78, 5) is 15.7. The summed E-state index contributed by atoms with van der Waals surface area (Å²) in [6, 6.07) is 9.96. The second-order valence-corrected chi connectivity index (χ2v) is 6.80. The molecule has 0 spiro atoms. The number of H-pyrrole nitrogens is 1. The minimum atomic E-state index is 0.0545. The Morgan fingerprint density at radius 3 is 2.46 bits per heavy atom. The Morgan fingerprint density at radius 1 is 1.21 bits per heavy atom. The van der Waals surface area contributed by atoms with Crippen LogP contribution in [0.1, 0.15) is 38.3 Å². The number of rotatable bonds is 6. The van der Waals surface area contributed by atoms with Crippen molar-refractivity contribution >= 4 is 17.5 Å². The Kier molecular flexibility index (Phi) is 6.13. The highest BCUT2D eigenvalue weighted by Gasteiger charge is 2.19. The van der Waals surface area contributed by atoms with Gasteiger partial charge >= 0.3 is 0 Å². The maximum Gasteiger partial charge on any atom is 0.257 e. The Bertz CT molecular complexity index is 789. The number of Topliss-reactive ketones (excluding diaryl/α,β-unsaturated/α-hetero) is 1. The van der Waals surface area contributed by atoms with Crippen LogP contribution in [0.25, 0.3) is 0 Å². The molecule has 0 unspecified atom stereocenters. The number of methoxy groups -OCH3 is 1. The topological polar surface area (TPSA) is 64.2 Å². The number of aromatic nitrogens is 1. The van der Waals surface area contributed by atoms with Crippen molar-refractivity contribution in [2.24, 2.45) is 0 Å². The second kappa shape index (κ2) is 8.09. The third-order valence-corrected chi connectivity index (χ3v) is 4.55. The molecule has 0 saturated carbocycles. The van der Waals surface area contributed by atoms with Crippen LogP contribution in [0.15, 0.2) is 29.3 Å². The summed E-state index contributed by atoms with van der Waals surface area (Å²) >= 11 is 1.36. The van der Waals surface area contributed by atoms with E-state index in [0.717, 1.165) is 22.4 Å². The van der Waals surface area contributed by atoms with Crippen LogP contribution in [0.4, 0.5) is 0 Å². The van der Waals surface area contributed by atoms with Gasteiger partial charge < -0.3 is 4.74 Å². The van der Waals surface area contributed by atoms with Crippen LogP contribution < -0.4 is 4.98 Å². The van der Waals surface area contributed by atoms with Gasteiger partial charge in [0, 0.05) is 31.2 Å². The molecule has 1 heterocycles. The largest absolute Gasteiger partial charge is 0.380 e. The van der Waals surface area contributed by atoms with Gasteiger partial charge in [0.25, 0.3) is 5.03 Å². The summed E-state index contributed by atoms with van der Waals surface area (Å²) in [5, 5.41) is 10.2. The van der Waals surface area contributed by atoms with E-state index in [4.69, 9.17) is 4.74 Å². The fourth-order valence-corrected chi connectivity index (χ4v) is 3.61. The maximum absolute atomic E-state index is 12.5. The predicted molar refractivity (Wildman–Crippen MR) is 94.1 cm³/mol. The molecule has 0 radical (unpaired) electrons.